The topological polar surface area (TPSA) is 73.1 Å². The van der Waals surface area contributed by atoms with Crippen molar-refractivity contribution < 1.29 is 4.74 Å². The fraction of sp³-hybridized carbons (Fsp3) is 0.615. The van der Waals surface area contributed by atoms with Gasteiger partial charge in [0.05, 0.1) is 17.4 Å². The van der Waals surface area contributed by atoms with Crippen LogP contribution in [0, 0.1) is 13.8 Å². The minimum Gasteiger partial charge on any atom is -0.389 e. The molecule has 104 valence electrons. The van der Waals surface area contributed by atoms with Crippen LogP contribution in [0.2, 0.25) is 0 Å². The zero-order valence-electron chi connectivity index (χ0n) is 11.4. The van der Waals surface area contributed by atoms with Crippen LogP contribution >= 0.6 is 12.2 Å². The van der Waals surface area contributed by atoms with Gasteiger partial charge in [0.1, 0.15) is 4.99 Å². The van der Waals surface area contributed by atoms with Gasteiger partial charge in [-0.1, -0.05) is 12.2 Å². The maximum absolute atomic E-state index is 5.79. The second-order valence-electron chi connectivity index (χ2n) is 4.87. The molecule has 0 saturated carbocycles. The molecule has 0 aliphatic carbocycles. The molecule has 2 heterocycles. The number of nitrogens with two attached hydrogens (primary N) is 1. The minimum atomic E-state index is 0.233. The molecule has 1 aromatic rings. The van der Waals surface area contributed by atoms with Crippen molar-refractivity contribution in [3.8, 4) is 0 Å². The highest BCUT2D eigenvalue weighted by Gasteiger charge is 2.17. The summed E-state index contributed by atoms with van der Waals surface area (Å²) in [5.41, 5.74) is 8.41. The van der Waals surface area contributed by atoms with E-state index in [4.69, 9.17) is 22.7 Å². The van der Waals surface area contributed by atoms with Crippen molar-refractivity contribution in [3.05, 3.63) is 16.8 Å². The standard InChI is InChI=1S/C13H20N4OS/c1-8-9(2)16-17-13(11(8)12(14)19)15-7-10-5-3-4-6-18-10/h10H,3-7H2,1-2H3,(H2,14,19)(H,15,17). The highest BCUT2D eigenvalue weighted by Crippen LogP contribution is 2.19. The van der Waals surface area contributed by atoms with Gasteiger partial charge in [0.15, 0.2) is 5.82 Å². The number of hydrogen-bond acceptors (Lipinski definition) is 5. The molecule has 0 spiro atoms. The molecule has 0 radical (unpaired) electrons. The Morgan fingerprint density at radius 1 is 1.42 bits per heavy atom. The molecule has 1 aromatic heterocycles. The van der Waals surface area contributed by atoms with Crippen LogP contribution in [0.15, 0.2) is 0 Å². The average Bonchev–Trinajstić information content (AvgIpc) is 2.41. The van der Waals surface area contributed by atoms with E-state index in [0.717, 1.165) is 36.3 Å². The molecular weight excluding hydrogens is 260 g/mol. The first kappa shape index (κ1) is 14.1. The van der Waals surface area contributed by atoms with Gasteiger partial charge in [0, 0.05) is 13.2 Å². The molecule has 1 atom stereocenters. The number of thiocarbonyl (C=S) groups is 1. The van der Waals surface area contributed by atoms with Gasteiger partial charge < -0.3 is 15.8 Å². The fourth-order valence-electron chi connectivity index (χ4n) is 2.21. The number of nitrogens with zero attached hydrogens (tertiary/aromatic N) is 2. The molecule has 1 fully saturated rings. The molecule has 1 saturated heterocycles. The molecule has 1 unspecified atom stereocenters. The Balaban J connectivity index is 2.11. The number of anilines is 1. The molecule has 1 aliphatic heterocycles. The molecule has 0 aromatic carbocycles. The Morgan fingerprint density at radius 2 is 2.21 bits per heavy atom. The number of nitrogens with one attached hydrogen (secondary N) is 1. The van der Waals surface area contributed by atoms with Crippen molar-refractivity contribution in [2.45, 2.75) is 39.2 Å². The van der Waals surface area contributed by atoms with Gasteiger partial charge in [-0.25, -0.2) is 0 Å². The van der Waals surface area contributed by atoms with Crippen molar-refractivity contribution in [3.63, 3.8) is 0 Å². The molecule has 0 amide bonds. The SMILES string of the molecule is Cc1nnc(NCC2CCCCO2)c(C(N)=S)c1C. The first-order valence-corrected chi connectivity index (χ1v) is 6.99. The van der Waals surface area contributed by atoms with Crippen molar-refractivity contribution in [1.82, 2.24) is 10.2 Å². The second-order valence-corrected chi connectivity index (χ2v) is 5.31. The van der Waals surface area contributed by atoms with Crippen LogP contribution in [-0.2, 0) is 4.74 Å². The highest BCUT2D eigenvalue weighted by atomic mass is 32.1. The summed E-state index contributed by atoms with van der Waals surface area (Å²) in [5, 5.41) is 11.5. The van der Waals surface area contributed by atoms with Crippen LogP contribution in [0.3, 0.4) is 0 Å². The average molecular weight is 280 g/mol. The third-order valence-corrected chi connectivity index (χ3v) is 3.68. The van der Waals surface area contributed by atoms with E-state index in [1.807, 2.05) is 13.8 Å². The summed E-state index contributed by atoms with van der Waals surface area (Å²) in [6.45, 7) is 5.42. The smallest absolute Gasteiger partial charge is 0.159 e. The fourth-order valence-corrected chi connectivity index (χ4v) is 2.46. The number of hydrogen-bond donors (Lipinski definition) is 2. The van der Waals surface area contributed by atoms with E-state index in [0.29, 0.717) is 17.4 Å². The minimum absolute atomic E-state index is 0.233. The molecule has 19 heavy (non-hydrogen) atoms. The third-order valence-electron chi connectivity index (χ3n) is 3.47. The predicted octanol–water partition coefficient (Wildman–Crippen LogP) is 1.71. The molecular formula is C13H20N4OS. The lowest BCUT2D eigenvalue weighted by Gasteiger charge is -2.23. The van der Waals surface area contributed by atoms with Gasteiger partial charge in [-0.05, 0) is 38.7 Å². The number of ether oxygens (including phenoxy) is 1. The molecule has 3 N–H and O–H groups in total. The maximum Gasteiger partial charge on any atom is 0.159 e. The third kappa shape index (κ3) is 3.39. The van der Waals surface area contributed by atoms with Crippen molar-refractivity contribution >= 4 is 23.0 Å². The Kier molecular flexibility index (Phi) is 4.66. The highest BCUT2D eigenvalue weighted by molar-refractivity contribution is 7.80. The zero-order valence-corrected chi connectivity index (χ0v) is 12.2. The van der Waals surface area contributed by atoms with Crippen molar-refractivity contribution in [1.29, 1.82) is 0 Å². The van der Waals surface area contributed by atoms with E-state index in [-0.39, 0.29) is 6.10 Å². The Morgan fingerprint density at radius 3 is 2.84 bits per heavy atom. The lowest BCUT2D eigenvalue weighted by Crippen LogP contribution is -2.28. The van der Waals surface area contributed by atoms with Crippen molar-refractivity contribution in [2.75, 3.05) is 18.5 Å². The van der Waals surface area contributed by atoms with E-state index < -0.39 is 0 Å². The normalized spacial score (nSPS) is 19.2. The summed E-state index contributed by atoms with van der Waals surface area (Å²) in [4.78, 5) is 0.350. The second kappa shape index (κ2) is 6.25. The summed E-state index contributed by atoms with van der Waals surface area (Å²) in [5.74, 6) is 0.657. The Bertz CT molecular complexity index is 472. The van der Waals surface area contributed by atoms with Gasteiger partial charge in [-0.15, -0.1) is 5.10 Å². The summed E-state index contributed by atoms with van der Waals surface area (Å²) in [6, 6.07) is 0. The maximum atomic E-state index is 5.79. The number of aromatic nitrogens is 2. The van der Waals surface area contributed by atoms with E-state index in [9.17, 15) is 0 Å². The number of aryl methyl sites for hydroxylation is 1. The van der Waals surface area contributed by atoms with E-state index in [1.165, 1.54) is 6.42 Å². The van der Waals surface area contributed by atoms with Gasteiger partial charge in [-0.2, -0.15) is 5.10 Å². The van der Waals surface area contributed by atoms with Crippen LogP contribution in [0.1, 0.15) is 36.1 Å². The monoisotopic (exact) mass is 280 g/mol. The zero-order chi connectivity index (χ0) is 13.8. The summed E-state index contributed by atoms with van der Waals surface area (Å²) in [6.07, 6.45) is 3.68. The van der Waals surface area contributed by atoms with E-state index in [2.05, 4.69) is 15.5 Å². The Labute approximate surface area is 118 Å². The Hall–Kier alpha value is -1.27. The van der Waals surface area contributed by atoms with E-state index >= 15 is 0 Å². The lowest BCUT2D eigenvalue weighted by atomic mass is 10.1. The summed E-state index contributed by atoms with van der Waals surface area (Å²) < 4.78 is 5.68. The number of rotatable bonds is 4. The van der Waals surface area contributed by atoms with Crippen molar-refractivity contribution in [2.24, 2.45) is 5.73 Å². The van der Waals surface area contributed by atoms with Crippen LogP contribution in [0.25, 0.3) is 0 Å². The van der Waals surface area contributed by atoms with Crippen LogP contribution in [0.4, 0.5) is 5.82 Å². The quantitative estimate of drug-likeness (QED) is 0.818. The van der Waals surface area contributed by atoms with E-state index in [1.54, 1.807) is 0 Å². The van der Waals surface area contributed by atoms with Crippen LogP contribution in [0.5, 0.6) is 0 Å². The van der Waals surface area contributed by atoms with Gasteiger partial charge in [-0.3, -0.25) is 0 Å². The van der Waals surface area contributed by atoms with Crippen LogP contribution in [-0.4, -0.2) is 34.4 Å². The van der Waals surface area contributed by atoms with Gasteiger partial charge in [0.25, 0.3) is 0 Å². The first-order valence-electron chi connectivity index (χ1n) is 6.58. The largest absolute Gasteiger partial charge is 0.389 e. The molecule has 1 aliphatic rings. The molecule has 2 rings (SSSR count). The predicted molar refractivity (Wildman–Crippen MR) is 79.5 cm³/mol. The van der Waals surface area contributed by atoms with Gasteiger partial charge in [0.2, 0.25) is 0 Å². The lowest BCUT2D eigenvalue weighted by molar-refractivity contribution is 0.0247. The summed E-state index contributed by atoms with van der Waals surface area (Å²) >= 11 is 5.11. The molecule has 0 bridgehead atoms. The van der Waals surface area contributed by atoms with Crippen LogP contribution < -0.4 is 11.1 Å². The molecule has 5 nitrogen and oxygen atoms in total. The summed E-state index contributed by atoms with van der Waals surface area (Å²) in [7, 11) is 0. The van der Waals surface area contributed by atoms with Gasteiger partial charge >= 0.3 is 0 Å². The first-order chi connectivity index (χ1) is 9.09. The molecule has 6 heteroatoms.